The van der Waals surface area contributed by atoms with E-state index in [1.54, 1.807) is 29.0 Å². The second kappa shape index (κ2) is 8.46. The van der Waals surface area contributed by atoms with Crippen LogP contribution in [-0.4, -0.2) is 51.6 Å². The highest BCUT2D eigenvalue weighted by molar-refractivity contribution is 6.00. The number of carbonyl (C=O) groups excluding carboxylic acids is 2. The van der Waals surface area contributed by atoms with Gasteiger partial charge in [0, 0.05) is 32.1 Å². The van der Waals surface area contributed by atoms with E-state index in [1.807, 2.05) is 19.1 Å². The first-order valence-corrected chi connectivity index (χ1v) is 9.28. The molecule has 0 N–H and O–H groups in total. The van der Waals surface area contributed by atoms with Gasteiger partial charge in [0.2, 0.25) is 17.6 Å². The van der Waals surface area contributed by atoms with Gasteiger partial charge in [0.1, 0.15) is 11.5 Å². The molecule has 0 radical (unpaired) electrons. The molecule has 156 valence electrons. The fraction of sp³-hybridized carbons (Fsp3) is 0.429. The van der Waals surface area contributed by atoms with Gasteiger partial charge in [-0.05, 0) is 19.1 Å². The number of hydrogen-bond donors (Lipinski definition) is 0. The number of hydrogen-bond acceptors (Lipinski definition) is 6. The van der Waals surface area contributed by atoms with Gasteiger partial charge in [-0.15, -0.1) is 0 Å². The summed E-state index contributed by atoms with van der Waals surface area (Å²) in [5, 5.41) is 0. The van der Waals surface area contributed by atoms with Gasteiger partial charge in [-0.2, -0.15) is 0 Å². The Bertz CT molecular complexity index is 881. The number of nitrogens with zero attached hydrogens (tertiary/aromatic N) is 2. The van der Waals surface area contributed by atoms with Crippen molar-refractivity contribution >= 4 is 17.5 Å². The Hall–Kier alpha value is -3.16. The van der Waals surface area contributed by atoms with Gasteiger partial charge < -0.3 is 28.4 Å². The van der Waals surface area contributed by atoms with Crippen molar-refractivity contribution in [3.8, 4) is 17.2 Å². The van der Waals surface area contributed by atoms with Crippen molar-refractivity contribution in [1.82, 2.24) is 4.90 Å². The zero-order valence-corrected chi connectivity index (χ0v) is 17.4. The van der Waals surface area contributed by atoms with Gasteiger partial charge in [-0.3, -0.25) is 9.59 Å². The number of carbonyl (C=O) groups is 2. The van der Waals surface area contributed by atoms with Crippen LogP contribution < -0.4 is 19.1 Å². The van der Waals surface area contributed by atoms with Crippen LogP contribution in [0.1, 0.15) is 17.9 Å². The van der Waals surface area contributed by atoms with Gasteiger partial charge >= 0.3 is 0 Å². The molecule has 2 amide bonds. The number of ether oxygens (including phenoxy) is 3. The molecule has 1 aliphatic rings. The number of aryl methyl sites for hydroxylation is 1. The Balaban J connectivity index is 1.77. The maximum Gasteiger partial charge on any atom is 0.228 e. The predicted octanol–water partition coefficient (Wildman–Crippen LogP) is 2.63. The van der Waals surface area contributed by atoms with Crippen LogP contribution in [0.15, 0.2) is 28.7 Å². The van der Waals surface area contributed by atoms with Crippen LogP contribution in [0.4, 0.5) is 5.69 Å². The maximum absolute atomic E-state index is 12.9. The summed E-state index contributed by atoms with van der Waals surface area (Å²) in [6.07, 6.45) is 0.150. The van der Waals surface area contributed by atoms with E-state index in [4.69, 9.17) is 18.6 Å². The first kappa shape index (κ1) is 20.6. The summed E-state index contributed by atoms with van der Waals surface area (Å²) in [7, 11) is 6.27. The molecule has 8 nitrogen and oxygen atoms in total. The Labute approximate surface area is 169 Å². The second-order valence-corrected chi connectivity index (χ2v) is 7.00. The highest BCUT2D eigenvalue weighted by Crippen LogP contribution is 2.42. The minimum absolute atomic E-state index is 0.0951. The van der Waals surface area contributed by atoms with E-state index in [2.05, 4.69) is 0 Å². The van der Waals surface area contributed by atoms with Gasteiger partial charge in [-0.1, -0.05) is 0 Å². The van der Waals surface area contributed by atoms with Crippen LogP contribution in [-0.2, 0) is 16.1 Å². The predicted molar refractivity (Wildman–Crippen MR) is 106 cm³/mol. The molecule has 0 spiro atoms. The van der Waals surface area contributed by atoms with E-state index in [0.29, 0.717) is 35.2 Å². The first-order valence-electron chi connectivity index (χ1n) is 9.28. The molecule has 2 heterocycles. The zero-order valence-electron chi connectivity index (χ0n) is 17.4. The number of anilines is 1. The molecule has 1 unspecified atom stereocenters. The average molecular weight is 402 g/mol. The third kappa shape index (κ3) is 4.16. The second-order valence-electron chi connectivity index (χ2n) is 7.00. The van der Waals surface area contributed by atoms with Crippen molar-refractivity contribution in [3.63, 3.8) is 0 Å². The van der Waals surface area contributed by atoms with Crippen molar-refractivity contribution in [2.45, 2.75) is 19.9 Å². The minimum atomic E-state index is -0.428. The summed E-state index contributed by atoms with van der Waals surface area (Å²) >= 11 is 0. The number of rotatable bonds is 7. The summed E-state index contributed by atoms with van der Waals surface area (Å²) in [6, 6.07) is 7.13. The standard InChI is InChI=1S/C21H26N2O6/c1-13-6-7-16(29-13)12-22(2)21(25)14-8-19(24)23(11-14)15-9-17(26-3)20(28-5)18(10-15)27-4/h6-7,9-10,14H,8,11-12H2,1-5H3. The third-order valence-corrected chi connectivity index (χ3v) is 5.00. The molecule has 3 rings (SSSR count). The van der Waals surface area contributed by atoms with E-state index in [9.17, 15) is 9.59 Å². The Kier molecular flexibility index (Phi) is 6.00. The number of amides is 2. The lowest BCUT2D eigenvalue weighted by Gasteiger charge is -2.22. The molecule has 1 fully saturated rings. The average Bonchev–Trinajstić information content (AvgIpc) is 3.31. The van der Waals surface area contributed by atoms with E-state index in [1.165, 1.54) is 21.3 Å². The summed E-state index contributed by atoms with van der Waals surface area (Å²) in [5.74, 6) is 2.22. The van der Waals surface area contributed by atoms with Gasteiger partial charge in [0.05, 0.1) is 39.5 Å². The zero-order chi connectivity index (χ0) is 21.1. The SMILES string of the molecule is COc1cc(N2CC(C(=O)N(C)Cc3ccc(C)o3)CC2=O)cc(OC)c1OC. The Morgan fingerprint density at radius 1 is 1.17 bits per heavy atom. The van der Waals surface area contributed by atoms with Crippen molar-refractivity contribution in [2.24, 2.45) is 5.92 Å². The van der Waals surface area contributed by atoms with Gasteiger partial charge in [0.25, 0.3) is 0 Å². The van der Waals surface area contributed by atoms with E-state index < -0.39 is 5.92 Å². The van der Waals surface area contributed by atoms with Crippen molar-refractivity contribution in [1.29, 1.82) is 0 Å². The fourth-order valence-corrected chi connectivity index (χ4v) is 3.54. The third-order valence-electron chi connectivity index (χ3n) is 5.00. The Morgan fingerprint density at radius 2 is 1.83 bits per heavy atom. The number of furan rings is 1. The Morgan fingerprint density at radius 3 is 2.34 bits per heavy atom. The molecule has 0 bridgehead atoms. The summed E-state index contributed by atoms with van der Waals surface area (Å²) in [4.78, 5) is 28.7. The lowest BCUT2D eigenvalue weighted by atomic mass is 10.1. The summed E-state index contributed by atoms with van der Waals surface area (Å²) in [6.45, 7) is 2.51. The van der Waals surface area contributed by atoms with Gasteiger partial charge in [0.15, 0.2) is 11.5 Å². The minimum Gasteiger partial charge on any atom is -0.493 e. The van der Waals surface area contributed by atoms with Gasteiger partial charge in [-0.25, -0.2) is 0 Å². The lowest BCUT2D eigenvalue weighted by molar-refractivity contribution is -0.135. The van der Waals surface area contributed by atoms with E-state index >= 15 is 0 Å². The first-order chi connectivity index (χ1) is 13.9. The molecule has 8 heteroatoms. The van der Waals surface area contributed by atoms with Crippen molar-refractivity contribution < 1.29 is 28.2 Å². The lowest BCUT2D eigenvalue weighted by Crippen LogP contribution is -2.34. The molecule has 0 aliphatic carbocycles. The van der Waals surface area contributed by atoms with E-state index in [-0.39, 0.29) is 24.8 Å². The fourth-order valence-electron chi connectivity index (χ4n) is 3.54. The summed E-state index contributed by atoms with van der Waals surface area (Å²) < 4.78 is 21.6. The van der Waals surface area contributed by atoms with Crippen molar-refractivity contribution in [3.05, 3.63) is 35.8 Å². The normalized spacial score (nSPS) is 16.1. The molecule has 0 saturated carbocycles. The molecule has 1 atom stereocenters. The molecule has 1 aromatic carbocycles. The molecule has 1 saturated heterocycles. The van der Waals surface area contributed by atoms with Crippen LogP contribution in [0, 0.1) is 12.8 Å². The molecule has 2 aromatic rings. The number of benzene rings is 1. The highest BCUT2D eigenvalue weighted by atomic mass is 16.5. The largest absolute Gasteiger partial charge is 0.493 e. The molecular weight excluding hydrogens is 376 g/mol. The smallest absolute Gasteiger partial charge is 0.228 e. The molecule has 1 aromatic heterocycles. The monoisotopic (exact) mass is 402 g/mol. The van der Waals surface area contributed by atoms with Crippen LogP contribution >= 0.6 is 0 Å². The van der Waals surface area contributed by atoms with Crippen LogP contribution in [0.3, 0.4) is 0 Å². The van der Waals surface area contributed by atoms with Crippen LogP contribution in [0.25, 0.3) is 0 Å². The molecule has 29 heavy (non-hydrogen) atoms. The van der Waals surface area contributed by atoms with Crippen LogP contribution in [0.2, 0.25) is 0 Å². The maximum atomic E-state index is 12.9. The summed E-state index contributed by atoms with van der Waals surface area (Å²) in [5.41, 5.74) is 0.601. The molecule has 1 aliphatic heterocycles. The topological polar surface area (TPSA) is 81.5 Å². The van der Waals surface area contributed by atoms with Crippen LogP contribution in [0.5, 0.6) is 17.2 Å². The van der Waals surface area contributed by atoms with E-state index in [0.717, 1.165) is 5.76 Å². The highest BCUT2D eigenvalue weighted by Gasteiger charge is 2.37. The number of methoxy groups -OCH3 is 3. The quantitative estimate of drug-likeness (QED) is 0.708. The molecular formula is C21H26N2O6. The van der Waals surface area contributed by atoms with Crippen molar-refractivity contribution in [2.75, 3.05) is 39.8 Å².